The van der Waals surface area contributed by atoms with Gasteiger partial charge in [0, 0.05) is 35.3 Å². The van der Waals surface area contributed by atoms with Gasteiger partial charge in [-0.3, -0.25) is 9.59 Å². The van der Waals surface area contributed by atoms with Crippen LogP contribution in [0.2, 0.25) is 0 Å². The number of benzene rings is 3. The first-order chi connectivity index (χ1) is 19.8. The number of nitrogens with zero attached hydrogens (tertiary/aromatic N) is 2. The van der Waals surface area contributed by atoms with Crippen molar-refractivity contribution >= 4 is 23.6 Å². The molecule has 0 spiro atoms. The van der Waals surface area contributed by atoms with Gasteiger partial charge in [-0.05, 0) is 42.2 Å². The second-order valence-electron chi connectivity index (χ2n) is 10.7. The van der Waals surface area contributed by atoms with Crippen LogP contribution in [0.3, 0.4) is 0 Å². The average molecular weight is 567 g/mol. The molecule has 1 aromatic heterocycles. The van der Waals surface area contributed by atoms with E-state index in [0.717, 1.165) is 27.3 Å². The molecule has 208 valence electrons. The molecule has 1 amide bonds. The molecule has 7 nitrogen and oxygen atoms in total. The van der Waals surface area contributed by atoms with E-state index in [1.807, 2.05) is 68.4 Å². The van der Waals surface area contributed by atoms with Crippen molar-refractivity contribution in [3.8, 4) is 5.75 Å². The van der Waals surface area contributed by atoms with E-state index >= 15 is 0 Å². The smallest absolute Gasteiger partial charge is 0.341 e. The number of ether oxygens (including phenoxy) is 1. The lowest BCUT2D eigenvalue weighted by atomic mass is 9.81. The lowest BCUT2D eigenvalue weighted by Crippen LogP contribution is -2.49. The molecule has 6 rings (SSSR count). The summed E-state index contributed by atoms with van der Waals surface area (Å²) < 4.78 is 7.77. The monoisotopic (exact) mass is 566 g/mol. The SMILES string of the molecule is CC(C)N1C[C@H](C2c3ccccc3CSc3ccccc32)n2cc(C(=O)O)c(=O)c(OCc3ccccc3)c2C1=O. The molecule has 41 heavy (non-hydrogen) atoms. The van der Waals surface area contributed by atoms with Gasteiger partial charge in [-0.25, -0.2) is 4.79 Å². The van der Waals surface area contributed by atoms with Gasteiger partial charge in [0.25, 0.3) is 5.91 Å². The summed E-state index contributed by atoms with van der Waals surface area (Å²) in [6, 6.07) is 25.3. The molecule has 0 saturated carbocycles. The summed E-state index contributed by atoms with van der Waals surface area (Å²) in [5.41, 5.74) is 3.10. The van der Waals surface area contributed by atoms with E-state index in [-0.39, 0.29) is 42.0 Å². The van der Waals surface area contributed by atoms with Gasteiger partial charge in [-0.2, -0.15) is 0 Å². The van der Waals surface area contributed by atoms with Crippen LogP contribution in [0.15, 0.2) is 94.7 Å². The van der Waals surface area contributed by atoms with Crippen LogP contribution in [0.5, 0.6) is 5.75 Å². The Labute approximate surface area is 242 Å². The zero-order valence-electron chi connectivity index (χ0n) is 22.8. The summed E-state index contributed by atoms with van der Waals surface area (Å²) in [5, 5.41) is 10.1. The van der Waals surface area contributed by atoms with E-state index in [9.17, 15) is 19.5 Å². The second kappa shape index (κ2) is 10.9. The van der Waals surface area contributed by atoms with Crippen LogP contribution in [0, 0.1) is 0 Å². The fourth-order valence-electron chi connectivity index (χ4n) is 5.89. The first kappa shape index (κ1) is 26.9. The molecule has 0 aliphatic carbocycles. The summed E-state index contributed by atoms with van der Waals surface area (Å²) >= 11 is 1.77. The lowest BCUT2D eigenvalue weighted by molar-refractivity contribution is 0.0576. The van der Waals surface area contributed by atoms with Crippen LogP contribution < -0.4 is 10.2 Å². The maximum absolute atomic E-state index is 14.0. The third-order valence-corrected chi connectivity index (χ3v) is 9.03. The number of thioether (sulfide) groups is 1. The van der Waals surface area contributed by atoms with Gasteiger partial charge >= 0.3 is 5.97 Å². The van der Waals surface area contributed by atoms with E-state index in [1.165, 1.54) is 11.8 Å². The standard InChI is InChI=1S/C33H30N2O5S/c1-20(2)34-17-26(28-23-13-7-6-12-22(23)19-41-27-15-9-8-14-24(27)28)35-16-25(33(38)39)30(36)31(29(35)32(34)37)40-18-21-10-4-3-5-11-21/h3-16,20,26,28H,17-19H2,1-2H3,(H,38,39)/t26-,28?/m1/s1. The number of carboxylic acid groups (broad SMARTS) is 1. The van der Waals surface area contributed by atoms with Crippen molar-refractivity contribution in [2.45, 2.75) is 49.1 Å². The minimum Gasteiger partial charge on any atom is -0.483 e. The van der Waals surface area contributed by atoms with Gasteiger partial charge in [-0.1, -0.05) is 72.8 Å². The van der Waals surface area contributed by atoms with Crippen LogP contribution in [0.25, 0.3) is 0 Å². The van der Waals surface area contributed by atoms with E-state index in [0.29, 0.717) is 6.54 Å². The Balaban J connectivity index is 1.61. The summed E-state index contributed by atoms with van der Waals surface area (Å²) in [4.78, 5) is 42.9. The average Bonchev–Trinajstić information content (AvgIpc) is 3.14. The van der Waals surface area contributed by atoms with Gasteiger partial charge in [-0.15, -0.1) is 11.8 Å². The molecule has 3 heterocycles. The van der Waals surface area contributed by atoms with Crippen LogP contribution in [0.4, 0.5) is 0 Å². The van der Waals surface area contributed by atoms with Crippen molar-refractivity contribution in [2.75, 3.05) is 6.54 Å². The second-order valence-corrected chi connectivity index (χ2v) is 11.7. The lowest BCUT2D eigenvalue weighted by Gasteiger charge is -2.42. The zero-order chi connectivity index (χ0) is 28.7. The predicted molar refractivity (Wildman–Crippen MR) is 158 cm³/mol. The van der Waals surface area contributed by atoms with Crippen LogP contribution in [-0.2, 0) is 12.4 Å². The molecule has 8 heteroatoms. The molecule has 0 fully saturated rings. The Morgan fingerprint density at radius 3 is 2.39 bits per heavy atom. The van der Waals surface area contributed by atoms with Crippen LogP contribution in [-0.4, -0.2) is 39.0 Å². The quantitative estimate of drug-likeness (QED) is 0.309. The maximum Gasteiger partial charge on any atom is 0.341 e. The van der Waals surface area contributed by atoms with Crippen molar-refractivity contribution < 1.29 is 19.4 Å². The number of amides is 1. The highest BCUT2D eigenvalue weighted by atomic mass is 32.2. The van der Waals surface area contributed by atoms with E-state index < -0.39 is 17.0 Å². The molecular weight excluding hydrogens is 536 g/mol. The summed E-state index contributed by atoms with van der Waals surface area (Å²) in [7, 11) is 0. The molecule has 3 aromatic carbocycles. The number of carboxylic acids is 1. The minimum absolute atomic E-state index is 0.0253. The highest BCUT2D eigenvalue weighted by molar-refractivity contribution is 7.98. The minimum atomic E-state index is -1.36. The Kier molecular flexibility index (Phi) is 7.17. The number of pyridine rings is 1. The number of carbonyl (C=O) groups is 2. The van der Waals surface area contributed by atoms with E-state index in [2.05, 4.69) is 24.3 Å². The largest absolute Gasteiger partial charge is 0.483 e. The number of carbonyl (C=O) groups excluding carboxylic acids is 1. The molecule has 0 radical (unpaired) electrons. The Bertz CT molecular complexity index is 1650. The fourth-order valence-corrected chi connectivity index (χ4v) is 7.00. The number of aromatic nitrogens is 1. The topological polar surface area (TPSA) is 88.8 Å². The van der Waals surface area contributed by atoms with Gasteiger partial charge in [0.15, 0.2) is 11.4 Å². The highest BCUT2D eigenvalue weighted by Crippen LogP contribution is 2.47. The highest BCUT2D eigenvalue weighted by Gasteiger charge is 2.42. The van der Waals surface area contributed by atoms with Gasteiger partial charge in [0.2, 0.25) is 5.43 Å². The number of rotatable bonds is 6. The predicted octanol–water partition coefficient (Wildman–Crippen LogP) is 5.97. The van der Waals surface area contributed by atoms with Gasteiger partial charge < -0.3 is 19.3 Å². The molecule has 1 N–H and O–H groups in total. The number of hydrogen-bond donors (Lipinski definition) is 1. The first-order valence-corrected chi connectivity index (χ1v) is 14.6. The Morgan fingerprint density at radius 2 is 1.66 bits per heavy atom. The molecule has 2 aliphatic heterocycles. The van der Waals surface area contributed by atoms with E-state index in [1.54, 1.807) is 21.2 Å². The van der Waals surface area contributed by atoms with Crippen molar-refractivity contribution in [3.05, 3.63) is 129 Å². The van der Waals surface area contributed by atoms with Crippen molar-refractivity contribution in [1.29, 1.82) is 0 Å². The van der Waals surface area contributed by atoms with Crippen molar-refractivity contribution in [1.82, 2.24) is 9.47 Å². The van der Waals surface area contributed by atoms with Gasteiger partial charge in [0.1, 0.15) is 12.2 Å². The van der Waals surface area contributed by atoms with Crippen LogP contribution in [0.1, 0.15) is 68.9 Å². The fraction of sp³-hybridized carbons (Fsp3) is 0.242. The van der Waals surface area contributed by atoms with E-state index in [4.69, 9.17) is 4.74 Å². The number of hydrogen-bond acceptors (Lipinski definition) is 5. The molecule has 1 unspecified atom stereocenters. The summed E-state index contributed by atoms with van der Waals surface area (Å²) in [6.07, 6.45) is 1.35. The van der Waals surface area contributed by atoms with Crippen molar-refractivity contribution in [2.24, 2.45) is 0 Å². The number of aromatic carboxylic acids is 1. The third kappa shape index (κ3) is 4.82. The third-order valence-electron chi connectivity index (χ3n) is 7.89. The maximum atomic E-state index is 14.0. The Hall–Kier alpha value is -4.30. The Morgan fingerprint density at radius 1 is 0.976 bits per heavy atom. The molecular formula is C33H30N2O5S. The first-order valence-electron chi connectivity index (χ1n) is 13.6. The summed E-state index contributed by atoms with van der Waals surface area (Å²) in [6.45, 7) is 4.27. The molecule has 4 aromatic rings. The molecule has 0 bridgehead atoms. The number of fused-ring (bicyclic) bond motifs is 3. The summed E-state index contributed by atoms with van der Waals surface area (Å²) in [5.74, 6) is -1.33. The van der Waals surface area contributed by atoms with Gasteiger partial charge in [0.05, 0.1) is 6.04 Å². The van der Waals surface area contributed by atoms with Crippen molar-refractivity contribution in [3.63, 3.8) is 0 Å². The zero-order valence-corrected chi connectivity index (χ0v) is 23.6. The normalized spacial score (nSPS) is 17.8. The van der Waals surface area contributed by atoms with Crippen LogP contribution >= 0.6 is 11.8 Å². The molecule has 2 aliphatic rings. The molecule has 2 atom stereocenters. The molecule has 0 saturated heterocycles.